The molecular formula is C15H13BrClNO. The minimum atomic E-state index is -0.203. The van der Waals surface area contributed by atoms with Crippen LogP contribution in [0.5, 0.6) is 0 Å². The van der Waals surface area contributed by atoms with E-state index in [1.54, 1.807) is 6.07 Å². The van der Waals surface area contributed by atoms with Gasteiger partial charge in [-0.1, -0.05) is 39.7 Å². The first kappa shape index (κ1) is 14.1. The van der Waals surface area contributed by atoms with E-state index < -0.39 is 0 Å². The number of carbonyl (C=O) groups excluding carboxylic acids is 1. The molecule has 0 aliphatic rings. The maximum atomic E-state index is 12.2. The molecule has 0 radical (unpaired) electrons. The van der Waals surface area contributed by atoms with Crippen molar-refractivity contribution in [1.29, 1.82) is 0 Å². The summed E-state index contributed by atoms with van der Waals surface area (Å²) in [5.74, 6) is -0.203. The van der Waals surface area contributed by atoms with Gasteiger partial charge in [-0.25, -0.2) is 0 Å². The summed E-state index contributed by atoms with van der Waals surface area (Å²) < 4.78 is 0.929. The Labute approximate surface area is 125 Å². The first-order chi connectivity index (χ1) is 8.97. The second kappa shape index (κ2) is 5.76. The summed E-state index contributed by atoms with van der Waals surface area (Å²) in [6, 6.07) is 11.2. The molecule has 1 N–H and O–H groups in total. The lowest BCUT2D eigenvalue weighted by Crippen LogP contribution is -2.12. The highest BCUT2D eigenvalue weighted by Crippen LogP contribution is 2.23. The quantitative estimate of drug-likeness (QED) is 0.823. The van der Waals surface area contributed by atoms with E-state index >= 15 is 0 Å². The van der Waals surface area contributed by atoms with Crippen molar-refractivity contribution in [3.63, 3.8) is 0 Å². The molecule has 1 amide bonds. The van der Waals surface area contributed by atoms with Crippen molar-refractivity contribution in [3.05, 3.63) is 62.6 Å². The molecular weight excluding hydrogens is 326 g/mol. The summed E-state index contributed by atoms with van der Waals surface area (Å²) >= 11 is 9.55. The van der Waals surface area contributed by atoms with Crippen LogP contribution in [-0.4, -0.2) is 5.91 Å². The van der Waals surface area contributed by atoms with Crippen molar-refractivity contribution in [3.8, 4) is 0 Å². The summed E-state index contributed by atoms with van der Waals surface area (Å²) in [5.41, 5.74) is 3.19. The number of anilines is 1. The van der Waals surface area contributed by atoms with Gasteiger partial charge in [-0.15, -0.1) is 0 Å². The number of halogens is 2. The van der Waals surface area contributed by atoms with Crippen LogP contribution in [0.2, 0.25) is 5.02 Å². The Morgan fingerprint density at radius 1 is 1.21 bits per heavy atom. The van der Waals surface area contributed by atoms with E-state index in [9.17, 15) is 4.79 Å². The fourth-order valence-electron chi connectivity index (χ4n) is 1.83. The van der Waals surface area contributed by atoms with Gasteiger partial charge in [-0.2, -0.15) is 0 Å². The molecule has 2 nitrogen and oxygen atoms in total. The van der Waals surface area contributed by atoms with Crippen LogP contribution in [0.1, 0.15) is 21.5 Å². The lowest BCUT2D eigenvalue weighted by atomic mass is 10.1. The van der Waals surface area contributed by atoms with E-state index in [1.165, 1.54) is 0 Å². The monoisotopic (exact) mass is 337 g/mol. The van der Waals surface area contributed by atoms with Gasteiger partial charge in [-0.05, 0) is 49.2 Å². The van der Waals surface area contributed by atoms with Crippen LogP contribution >= 0.6 is 27.5 Å². The van der Waals surface area contributed by atoms with Gasteiger partial charge in [0.05, 0.1) is 10.6 Å². The first-order valence-electron chi connectivity index (χ1n) is 5.81. The van der Waals surface area contributed by atoms with E-state index in [0.29, 0.717) is 10.6 Å². The number of hydrogen-bond acceptors (Lipinski definition) is 1. The molecule has 0 aromatic heterocycles. The number of benzene rings is 2. The number of hydrogen-bond donors (Lipinski definition) is 1. The van der Waals surface area contributed by atoms with Gasteiger partial charge in [0.15, 0.2) is 0 Å². The SMILES string of the molecule is Cc1cc(Br)cc(NC(=O)c2cccc(C)c2Cl)c1. The molecule has 2 aromatic rings. The Bertz CT molecular complexity index is 620. The van der Waals surface area contributed by atoms with Gasteiger partial charge < -0.3 is 5.32 Å². The topological polar surface area (TPSA) is 29.1 Å². The van der Waals surface area contributed by atoms with Gasteiger partial charge >= 0.3 is 0 Å². The fourth-order valence-corrected chi connectivity index (χ4v) is 2.65. The molecule has 0 aliphatic heterocycles. The van der Waals surface area contributed by atoms with Gasteiger partial charge in [0, 0.05) is 10.2 Å². The van der Waals surface area contributed by atoms with Crippen molar-refractivity contribution in [1.82, 2.24) is 0 Å². The van der Waals surface area contributed by atoms with E-state index in [0.717, 1.165) is 21.3 Å². The molecule has 0 heterocycles. The van der Waals surface area contributed by atoms with Gasteiger partial charge in [0.25, 0.3) is 5.91 Å². The van der Waals surface area contributed by atoms with Crippen molar-refractivity contribution < 1.29 is 4.79 Å². The number of amides is 1. The van der Waals surface area contributed by atoms with Crippen LogP contribution in [0, 0.1) is 13.8 Å². The summed E-state index contributed by atoms with van der Waals surface area (Å²) in [6.07, 6.45) is 0. The Hall–Kier alpha value is -1.32. The van der Waals surface area contributed by atoms with E-state index in [4.69, 9.17) is 11.6 Å². The maximum absolute atomic E-state index is 12.2. The fraction of sp³-hybridized carbons (Fsp3) is 0.133. The van der Waals surface area contributed by atoms with Crippen LogP contribution in [-0.2, 0) is 0 Å². The summed E-state index contributed by atoms with van der Waals surface area (Å²) in [4.78, 5) is 12.2. The third-order valence-electron chi connectivity index (χ3n) is 2.74. The highest BCUT2D eigenvalue weighted by molar-refractivity contribution is 9.10. The van der Waals surface area contributed by atoms with E-state index in [1.807, 2.05) is 44.2 Å². The van der Waals surface area contributed by atoms with Crippen molar-refractivity contribution in [2.45, 2.75) is 13.8 Å². The van der Waals surface area contributed by atoms with Gasteiger partial charge in [0.1, 0.15) is 0 Å². The first-order valence-corrected chi connectivity index (χ1v) is 6.98. The lowest BCUT2D eigenvalue weighted by molar-refractivity contribution is 0.102. The molecule has 2 rings (SSSR count). The predicted molar refractivity (Wildman–Crippen MR) is 83.0 cm³/mol. The largest absolute Gasteiger partial charge is 0.322 e. The maximum Gasteiger partial charge on any atom is 0.257 e. The smallest absolute Gasteiger partial charge is 0.257 e. The minimum Gasteiger partial charge on any atom is -0.322 e. The Morgan fingerprint density at radius 2 is 1.95 bits per heavy atom. The van der Waals surface area contributed by atoms with Crippen molar-refractivity contribution in [2.24, 2.45) is 0 Å². The molecule has 98 valence electrons. The van der Waals surface area contributed by atoms with Crippen molar-refractivity contribution >= 4 is 39.1 Å². The normalized spacial score (nSPS) is 10.3. The van der Waals surface area contributed by atoms with Crippen LogP contribution in [0.25, 0.3) is 0 Å². The van der Waals surface area contributed by atoms with Gasteiger partial charge in [-0.3, -0.25) is 4.79 Å². The molecule has 2 aromatic carbocycles. The third kappa shape index (κ3) is 3.37. The zero-order valence-electron chi connectivity index (χ0n) is 10.6. The van der Waals surface area contributed by atoms with Crippen LogP contribution < -0.4 is 5.32 Å². The molecule has 0 bridgehead atoms. The van der Waals surface area contributed by atoms with E-state index in [2.05, 4.69) is 21.2 Å². The summed E-state index contributed by atoms with van der Waals surface area (Å²) in [7, 11) is 0. The second-order valence-electron chi connectivity index (χ2n) is 4.41. The number of aryl methyl sites for hydroxylation is 2. The summed E-state index contributed by atoms with van der Waals surface area (Å²) in [6.45, 7) is 3.85. The Morgan fingerprint density at radius 3 is 2.63 bits per heavy atom. The average molecular weight is 339 g/mol. The number of rotatable bonds is 2. The lowest BCUT2D eigenvalue weighted by Gasteiger charge is -2.09. The third-order valence-corrected chi connectivity index (χ3v) is 3.70. The van der Waals surface area contributed by atoms with Crippen molar-refractivity contribution in [2.75, 3.05) is 5.32 Å². The molecule has 0 aliphatic carbocycles. The molecule has 0 unspecified atom stereocenters. The Kier molecular flexibility index (Phi) is 4.27. The van der Waals surface area contributed by atoms with E-state index in [-0.39, 0.29) is 5.91 Å². The second-order valence-corrected chi connectivity index (χ2v) is 5.70. The molecule has 0 saturated heterocycles. The Balaban J connectivity index is 2.28. The molecule has 4 heteroatoms. The van der Waals surface area contributed by atoms with Crippen LogP contribution in [0.3, 0.4) is 0 Å². The molecule has 0 saturated carbocycles. The van der Waals surface area contributed by atoms with Gasteiger partial charge in [0.2, 0.25) is 0 Å². The number of carbonyl (C=O) groups is 1. The number of nitrogens with one attached hydrogen (secondary N) is 1. The molecule has 19 heavy (non-hydrogen) atoms. The zero-order valence-corrected chi connectivity index (χ0v) is 13.0. The minimum absolute atomic E-state index is 0.203. The molecule has 0 fully saturated rings. The highest BCUT2D eigenvalue weighted by Gasteiger charge is 2.12. The predicted octanol–water partition coefficient (Wildman–Crippen LogP) is 4.97. The highest BCUT2D eigenvalue weighted by atomic mass is 79.9. The standard InChI is InChI=1S/C15H13BrClNO/c1-9-6-11(16)8-12(7-9)18-15(19)13-5-3-4-10(2)14(13)17/h3-8H,1-2H3,(H,18,19). The molecule has 0 spiro atoms. The average Bonchev–Trinajstić information content (AvgIpc) is 2.31. The summed E-state index contributed by atoms with van der Waals surface area (Å²) in [5, 5.41) is 3.35. The van der Waals surface area contributed by atoms with Crippen LogP contribution in [0.4, 0.5) is 5.69 Å². The molecule has 0 atom stereocenters. The van der Waals surface area contributed by atoms with Crippen LogP contribution in [0.15, 0.2) is 40.9 Å². The zero-order chi connectivity index (χ0) is 14.0.